The zero-order valence-electron chi connectivity index (χ0n) is 13.2. The maximum Gasteiger partial charge on any atom is 0.279 e. The first-order chi connectivity index (χ1) is 8.63. The Bertz CT molecular complexity index is 342. The molecule has 7 heteroatoms. The van der Waals surface area contributed by atoms with E-state index in [0.29, 0.717) is 13.1 Å². The highest BCUT2D eigenvalue weighted by atomic mass is 32.2. The highest BCUT2D eigenvalue weighted by Gasteiger charge is 2.25. The van der Waals surface area contributed by atoms with E-state index < -0.39 is 10.2 Å². The standard InChI is InChI=1S/C12H30N4O2S/c1-7-13-9-8-10-16(6)19(17,18)14-11-12(2,3)15(4)5/h13-14H,7-11H2,1-6H3. The van der Waals surface area contributed by atoms with Crippen LogP contribution in [-0.4, -0.2) is 70.5 Å². The summed E-state index contributed by atoms with van der Waals surface area (Å²) in [4.78, 5) is 2.00. The zero-order valence-corrected chi connectivity index (χ0v) is 14.0. The molecule has 0 aliphatic rings. The summed E-state index contributed by atoms with van der Waals surface area (Å²) in [7, 11) is 2.10. The number of nitrogens with zero attached hydrogens (tertiary/aromatic N) is 2. The fourth-order valence-corrected chi connectivity index (χ4v) is 2.39. The Morgan fingerprint density at radius 1 is 1.16 bits per heavy atom. The molecule has 0 spiro atoms. The van der Waals surface area contributed by atoms with Gasteiger partial charge >= 0.3 is 0 Å². The molecule has 19 heavy (non-hydrogen) atoms. The van der Waals surface area contributed by atoms with Crippen LogP contribution in [0.1, 0.15) is 27.2 Å². The molecular weight excluding hydrogens is 264 g/mol. The van der Waals surface area contributed by atoms with E-state index in [1.807, 2.05) is 39.8 Å². The lowest BCUT2D eigenvalue weighted by Crippen LogP contribution is -2.50. The molecule has 0 radical (unpaired) electrons. The molecule has 116 valence electrons. The van der Waals surface area contributed by atoms with Crippen LogP contribution in [0.15, 0.2) is 0 Å². The van der Waals surface area contributed by atoms with Crippen LogP contribution in [0, 0.1) is 0 Å². The second-order valence-corrected chi connectivity index (χ2v) is 7.42. The van der Waals surface area contributed by atoms with E-state index in [0.717, 1.165) is 19.5 Å². The normalized spacial score (nSPS) is 13.5. The van der Waals surface area contributed by atoms with Gasteiger partial charge in [0.25, 0.3) is 10.2 Å². The first-order valence-electron chi connectivity index (χ1n) is 6.72. The lowest BCUT2D eigenvalue weighted by Gasteiger charge is -2.33. The van der Waals surface area contributed by atoms with Gasteiger partial charge in [-0.1, -0.05) is 6.92 Å². The second kappa shape index (κ2) is 8.16. The molecular formula is C12H30N4O2S. The van der Waals surface area contributed by atoms with E-state index in [1.165, 1.54) is 4.31 Å². The molecule has 0 amide bonds. The molecule has 0 aromatic heterocycles. The molecule has 0 atom stereocenters. The minimum Gasteiger partial charge on any atom is -0.317 e. The Balaban J connectivity index is 4.23. The third-order valence-corrected chi connectivity index (χ3v) is 4.90. The predicted molar refractivity (Wildman–Crippen MR) is 80.5 cm³/mol. The van der Waals surface area contributed by atoms with Crippen LogP contribution in [0.4, 0.5) is 0 Å². The number of hydrogen-bond donors (Lipinski definition) is 2. The maximum atomic E-state index is 12.0. The lowest BCUT2D eigenvalue weighted by molar-refractivity contribution is 0.198. The summed E-state index contributed by atoms with van der Waals surface area (Å²) in [5.41, 5.74) is -0.211. The summed E-state index contributed by atoms with van der Waals surface area (Å²) in [5.74, 6) is 0. The van der Waals surface area contributed by atoms with Crippen LogP contribution < -0.4 is 10.0 Å². The van der Waals surface area contributed by atoms with Crippen molar-refractivity contribution >= 4 is 10.2 Å². The zero-order chi connectivity index (χ0) is 15.1. The fourth-order valence-electron chi connectivity index (χ4n) is 1.26. The molecule has 0 bridgehead atoms. The van der Waals surface area contributed by atoms with Gasteiger partial charge < -0.3 is 10.2 Å². The summed E-state index contributed by atoms with van der Waals surface area (Å²) >= 11 is 0. The molecule has 0 rings (SSSR count). The topological polar surface area (TPSA) is 64.7 Å². The van der Waals surface area contributed by atoms with Crippen molar-refractivity contribution in [2.75, 3.05) is 47.3 Å². The van der Waals surface area contributed by atoms with E-state index in [2.05, 4.69) is 10.0 Å². The average Bonchev–Trinajstić information content (AvgIpc) is 2.32. The highest BCUT2D eigenvalue weighted by molar-refractivity contribution is 7.87. The van der Waals surface area contributed by atoms with E-state index in [9.17, 15) is 8.42 Å². The lowest BCUT2D eigenvalue weighted by atomic mass is 10.1. The summed E-state index contributed by atoms with van der Waals surface area (Å²) in [6.45, 7) is 8.68. The van der Waals surface area contributed by atoms with Crippen molar-refractivity contribution in [1.82, 2.24) is 19.2 Å². The van der Waals surface area contributed by atoms with Gasteiger partial charge in [0.15, 0.2) is 0 Å². The number of nitrogens with one attached hydrogen (secondary N) is 2. The summed E-state index contributed by atoms with van der Waals surface area (Å²) in [6, 6.07) is 0. The number of rotatable bonds is 10. The SMILES string of the molecule is CCNCCCN(C)S(=O)(=O)NCC(C)(C)N(C)C. The van der Waals surface area contributed by atoms with Gasteiger partial charge in [-0.25, -0.2) is 4.72 Å². The van der Waals surface area contributed by atoms with Crippen LogP contribution in [0.3, 0.4) is 0 Å². The molecule has 0 aliphatic heterocycles. The summed E-state index contributed by atoms with van der Waals surface area (Å²) in [6.07, 6.45) is 0.808. The van der Waals surface area contributed by atoms with Crippen LogP contribution in [0.2, 0.25) is 0 Å². The molecule has 0 aliphatic carbocycles. The van der Waals surface area contributed by atoms with Crippen molar-refractivity contribution in [2.24, 2.45) is 0 Å². The molecule has 0 heterocycles. The Labute approximate surface area is 118 Å². The van der Waals surface area contributed by atoms with Gasteiger partial charge in [0.2, 0.25) is 0 Å². The Morgan fingerprint density at radius 3 is 2.21 bits per heavy atom. The van der Waals surface area contributed by atoms with Gasteiger partial charge in [-0.05, 0) is 47.5 Å². The first-order valence-corrected chi connectivity index (χ1v) is 8.16. The van der Waals surface area contributed by atoms with Crippen molar-refractivity contribution in [3.8, 4) is 0 Å². The Morgan fingerprint density at radius 2 is 1.74 bits per heavy atom. The predicted octanol–water partition coefficient (Wildman–Crippen LogP) is 0.0924. The first kappa shape index (κ1) is 18.8. The molecule has 0 saturated heterocycles. The van der Waals surface area contributed by atoms with Gasteiger partial charge in [-0.2, -0.15) is 12.7 Å². The van der Waals surface area contributed by atoms with E-state index in [4.69, 9.17) is 0 Å². The van der Waals surface area contributed by atoms with Crippen molar-refractivity contribution in [3.05, 3.63) is 0 Å². The maximum absolute atomic E-state index is 12.0. The van der Waals surface area contributed by atoms with E-state index in [-0.39, 0.29) is 5.54 Å². The van der Waals surface area contributed by atoms with Gasteiger partial charge in [0.05, 0.1) is 0 Å². The van der Waals surface area contributed by atoms with Crippen molar-refractivity contribution in [1.29, 1.82) is 0 Å². The number of likely N-dealkylation sites (N-methyl/N-ethyl adjacent to an activating group) is 1. The summed E-state index contributed by atoms with van der Waals surface area (Å²) in [5, 5.41) is 3.18. The van der Waals surface area contributed by atoms with Gasteiger partial charge in [-0.15, -0.1) is 0 Å². The van der Waals surface area contributed by atoms with Gasteiger partial charge in [-0.3, -0.25) is 0 Å². The largest absolute Gasteiger partial charge is 0.317 e. The Hall–Kier alpha value is -0.210. The second-order valence-electron chi connectivity index (χ2n) is 5.56. The van der Waals surface area contributed by atoms with E-state index >= 15 is 0 Å². The molecule has 0 fully saturated rings. The van der Waals surface area contributed by atoms with Crippen molar-refractivity contribution in [3.63, 3.8) is 0 Å². The summed E-state index contributed by atoms with van der Waals surface area (Å²) < 4.78 is 28.1. The van der Waals surface area contributed by atoms with Crippen molar-refractivity contribution in [2.45, 2.75) is 32.7 Å². The fraction of sp³-hybridized carbons (Fsp3) is 1.00. The molecule has 0 unspecified atom stereocenters. The molecule has 0 aromatic carbocycles. The molecule has 0 saturated carbocycles. The molecule has 2 N–H and O–H groups in total. The third-order valence-electron chi connectivity index (χ3n) is 3.38. The monoisotopic (exact) mass is 294 g/mol. The van der Waals surface area contributed by atoms with Gasteiger partial charge in [0.1, 0.15) is 0 Å². The van der Waals surface area contributed by atoms with Gasteiger partial charge in [0, 0.05) is 25.7 Å². The minimum atomic E-state index is -3.39. The molecule has 6 nitrogen and oxygen atoms in total. The number of hydrogen-bond acceptors (Lipinski definition) is 4. The van der Waals surface area contributed by atoms with Crippen LogP contribution in [-0.2, 0) is 10.2 Å². The van der Waals surface area contributed by atoms with Crippen molar-refractivity contribution < 1.29 is 8.42 Å². The van der Waals surface area contributed by atoms with E-state index in [1.54, 1.807) is 7.05 Å². The average molecular weight is 294 g/mol. The quantitative estimate of drug-likeness (QED) is 0.561. The Kier molecular flexibility index (Phi) is 8.07. The smallest absolute Gasteiger partial charge is 0.279 e. The van der Waals surface area contributed by atoms with Crippen LogP contribution in [0.25, 0.3) is 0 Å². The van der Waals surface area contributed by atoms with Crippen LogP contribution in [0.5, 0.6) is 0 Å². The highest BCUT2D eigenvalue weighted by Crippen LogP contribution is 2.09. The van der Waals surface area contributed by atoms with Crippen LogP contribution >= 0.6 is 0 Å². The minimum absolute atomic E-state index is 0.211. The third kappa shape index (κ3) is 7.22. The molecule has 0 aromatic rings.